The number of nitrogens with zero attached hydrogens (tertiary/aromatic N) is 4. The van der Waals surface area contributed by atoms with Crippen LogP contribution < -0.4 is 4.90 Å². The Labute approximate surface area is 161 Å². The topological polar surface area (TPSA) is 50.6 Å². The van der Waals surface area contributed by atoms with E-state index in [9.17, 15) is 4.79 Å². The van der Waals surface area contributed by atoms with Gasteiger partial charge in [-0.15, -0.1) is 0 Å². The summed E-state index contributed by atoms with van der Waals surface area (Å²) in [5.41, 5.74) is 4.54. The summed E-state index contributed by atoms with van der Waals surface area (Å²) >= 11 is 0. The number of para-hydroxylation sites is 1. The lowest BCUT2D eigenvalue weighted by atomic mass is 10.1. The van der Waals surface area contributed by atoms with Gasteiger partial charge >= 0.3 is 0 Å². The zero-order valence-electron chi connectivity index (χ0n) is 16.8. The fourth-order valence-corrected chi connectivity index (χ4v) is 3.85. The number of amides is 1. The second-order valence-corrected chi connectivity index (χ2v) is 7.41. The largest absolute Gasteiger partial charge is 0.383 e. The normalized spacial score (nSPS) is 17.3. The maximum atomic E-state index is 12.5. The van der Waals surface area contributed by atoms with E-state index in [1.54, 1.807) is 7.11 Å². The van der Waals surface area contributed by atoms with E-state index in [1.165, 1.54) is 11.3 Å². The highest BCUT2D eigenvalue weighted by atomic mass is 16.5. The average Bonchev–Trinajstić information content (AvgIpc) is 3.14. The van der Waals surface area contributed by atoms with Crippen LogP contribution in [0.2, 0.25) is 0 Å². The minimum Gasteiger partial charge on any atom is -0.383 e. The fourth-order valence-electron chi connectivity index (χ4n) is 3.85. The molecule has 6 heteroatoms. The van der Waals surface area contributed by atoms with Gasteiger partial charge in [0.2, 0.25) is 5.91 Å². The van der Waals surface area contributed by atoms with Gasteiger partial charge in [0.05, 0.1) is 12.3 Å². The summed E-state index contributed by atoms with van der Waals surface area (Å²) in [5.74, 6) is 0.540. The van der Waals surface area contributed by atoms with Crippen LogP contribution >= 0.6 is 0 Å². The predicted molar refractivity (Wildman–Crippen MR) is 107 cm³/mol. The molecule has 1 saturated heterocycles. The summed E-state index contributed by atoms with van der Waals surface area (Å²) < 4.78 is 7.25. The Morgan fingerprint density at radius 1 is 1.26 bits per heavy atom. The highest BCUT2D eigenvalue weighted by Crippen LogP contribution is 2.26. The third kappa shape index (κ3) is 4.57. The highest BCUT2D eigenvalue weighted by molar-refractivity contribution is 5.95. The van der Waals surface area contributed by atoms with E-state index in [-0.39, 0.29) is 5.91 Å². The Hall–Kier alpha value is -2.18. The van der Waals surface area contributed by atoms with Gasteiger partial charge in [0.1, 0.15) is 0 Å². The Bertz CT molecular complexity index is 772. The first-order chi connectivity index (χ1) is 13.0. The van der Waals surface area contributed by atoms with Crippen molar-refractivity contribution < 1.29 is 9.53 Å². The smallest absolute Gasteiger partial charge is 0.227 e. The van der Waals surface area contributed by atoms with Crippen molar-refractivity contribution in [3.63, 3.8) is 0 Å². The van der Waals surface area contributed by atoms with Gasteiger partial charge in [0, 0.05) is 63.7 Å². The summed E-state index contributed by atoms with van der Waals surface area (Å²) in [6.45, 7) is 8.20. The lowest BCUT2D eigenvalue weighted by Gasteiger charge is -2.25. The lowest BCUT2D eigenvalue weighted by Crippen LogP contribution is -2.33. The van der Waals surface area contributed by atoms with Gasteiger partial charge in [-0.2, -0.15) is 5.10 Å². The fraction of sp³-hybridized carbons (Fsp3) is 0.524. The molecule has 2 aromatic rings. The van der Waals surface area contributed by atoms with Gasteiger partial charge < -0.3 is 9.64 Å². The lowest BCUT2D eigenvalue weighted by molar-refractivity contribution is -0.117. The molecular weight excluding hydrogens is 340 g/mol. The molecule has 3 rings (SSSR count). The van der Waals surface area contributed by atoms with Crippen LogP contribution in [0.3, 0.4) is 0 Å². The van der Waals surface area contributed by atoms with E-state index in [1.807, 2.05) is 47.0 Å². The quantitative estimate of drug-likeness (QED) is 0.717. The zero-order chi connectivity index (χ0) is 19.4. The monoisotopic (exact) mass is 370 g/mol. The van der Waals surface area contributed by atoms with E-state index < -0.39 is 0 Å². The minimum absolute atomic E-state index is 0.214. The molecule has 0 N–H and O–H groups in total. The molecule has 2 heterocycles. The van der Waals surface area contributed by atoms with Crippen molar-refractivity contribution in [2.75, 3.05) is 38.3 Å². The van der Waals surface area contributed by atoms with Gasteiger partial charge in [0.25, 0.3) is 0 Å². The molecule has 0 radical (unpaired) electrons. The van der Waals surface area contributed by atoms with Gasteiger partial charge in [-0.1, -0.05) is 18.2 Å². The number of aromatic nitrogens is 2. The molecule has 1 aliphatic heterocycles. The molecule has 0 spiro atoms. The Morgan fingerprint density at radius 3 is 2.63 bits per heavy atom. The number of carbonyl (C=O) groups excluding carboxylic acids is 1. The maximum absolute atomic E-state index is 12.5. The standard InChI is InChI=1S/C21H30N4O2/c1-16-20(17(2)23(3)22-16)15-24(10-11-27-4)13-18-12-21(26)25(14-18)19-8-6-5-7-9-19/h5-9,18H,10-15H2,1-4H3/t18-/m1/s1. The predicted octanol–water partition coefficient (Wildman–Crippen LogP) is 2.54. The molecule has 0 aliphatic carbocycles. The van der Waals surface area contributed by atoms with Crippen molar-refractivity contribution in [1.29, 1.82) is 0 Å². The molecule has 1 aliphatic rings. The van der Waals surface area contributed by atoms with Crippen molar-refractivity contribution in [3.05, 3.63) is 47.3 Å². The SMILES string of the molecule is COCCN(Cc1c(C)nn(C)c1C)C[C@H]1CC(=O)N(c2ccccc2)C1. The van der Waals surface area contributed by atoms with E-state index in [2.05, 4.69) is 23.8 Å². The third-order valence-corrected chi connectivity index (χ3v) is 5.44. The van der Waals surface area contributed by atoms with Crippen LogP contribution in [-0.2, 0) is 23.1 Å². The molecule has 146 valence electrons. The van der Waals surface area contributed by atoms with Crippen LogP contribution in [0.25, 0.3) is 0 Å². The Morgan fingerprint density at radius 2 is 2.00 bits per heavy atom. The molecule has 6 nitrogen and oxygen atoms in total. The summed E-state index contributed by atoms with van der Waals surface area (Å²) in [4.78, 5) is 16.8. The van der Waals surface area contributed by atoms with Crippen LogP contribution in [0.5, 0.6) is 0 Å². The number of hydrogen-bond acceptors (Lipinski definition) is 4. The van der Waals surface area contributed by atoms with Crippen LogP contribution in [-0.4, -0.2) is 53.9 Å². The second-order valence-electron chi connectivity index (χ2n) is 7.41. The Kier molecular flexibility index (Phi) is 6.29. The molecule has 0 bridgehead atoms. The molecule has 27 heavy (non-hydrogen) atoms. The number of carbonyl (C=O) groups is 1. The number of hydrogen-bond donors (Lipinski definition) is 0. The average molecular weight is 370 g/mol. The maximum Gasteiger partial charge on any atom is 0.227 e. The van der Waals surface area contributed by atoms with Crippen molar-refractivity contribution in [2.45, 2.75) is 26.8 Å². The van der Waals surface area contributed by atoms with E-state index in [0.717, 1.165) is 37.6 Å². The van der Waals surface area contributed by atoms with Gasteiger partial charge in [-0.25, -0.2) is 0 Å². The number of benzene rings is 1. The first-order valence-electron chi connectivity index (χ1n) is 9.55. The molecule has 1 fully saturated rings. The summed E-state index contributed by atoms with van der Waals surface area (Å²) in [6, 6.07) is 9.95. The Balaban J connectivity index is 1.68. The van der Waals surface area contributed by atoms with Gasteiger partial charge in [-0.3, -0.25) is 14.4 Å². The number of methoxy groups -OCH3 is 1. The zero-order valence-corrected chi connectivity index (χ0v) is 16.8. The van der Waals surface area contributed by atoms with Crippen LogP contribution in [0.15, 0.2) is 30.3 Å². The first kappa shape index (κ1) is 19.6. The molecule has 1 aromatic carbocycles. The number of aryl methyl sites for hydroxylation is 2. The van der Waals surface area contributed by atoms with E-state index in [4.69, 9.17) is 4.74 Å². The van der Waals surface area contributed by atoms with Crippen molar-refractivity contribution in [1.82, 2.24) is 14.7 Å². The van der Waals surface area contributed by atoms with Crippen molar-refractivity contribution in [3.8, 4) is 0 Å². The molecule has 0 unspecified atom stereocenters. The first-order valence-corrected chi connectivity index (χ1v) is 9.55. The van der Waals surface area contributed by atoms with Gasteiger partial charge in [-0.05, 0) is 31.9 Å². The molecule has 1 amide bonds. The summed E-state index contributed by atoms with van der Waals surface area (Å²) in [7, 11) is 3.72. The molecule has 1 aromatic heterocycles. The summed E-state index contributed by atoms with van der Waals surface area (Å²) in [5, 5.41) is 4.54. The second kappa shape index (κ2) is 8.67. The van der Waals surface area contributed by atoms with Gasteiger partial charge in [0.15, 0.2) is 0 Å². The van der Waals surface area contributed by atoms with Crippen LogP contribution in [0.4, 0.5) is 5.69 Å². The number of anilines is 1. The van der Waals surface area contributed by atoms with E-state index in [0.29, 0.717) is 18.9 Å². The number of ether oxygens (including phenoxy) is 1. The molecule has 0 saturated carbocycles. The number of rotatable bonds is 8. The molecule has 1 atom stereocenters. The third-order valence-electron chi connectivity index (χ3n) is 5.44. The van der Waals surface area contributed by atoms with Crippen LogP contribution in [0.1, 0.15) is 23.4 Å². The van der Waals surface area contributed by atoms with E-state index >= 15 is 0 Å². The highest BCUT2D eigenvalue weighted by Gasteiger charge is 2.31. The van der Waals surface area contributed by atoms with Crippen LogP contribution in [0, 0.1) is 19.8 Å². The van der Waals surface area contributed by atoms with Crippen molar-refractivity contribution in [2.24, 2.45) is 13.0 Å². The van der Waals surface area contributed by atoms with Crippen molar-refractivity contribution >= 4 is 11.6 Å². The minimum atomic E-state index is 0.214. The summed E-state index contributed by atoms with van der Waals surface area (Å²) in [6.07, 6.45) is 0.601. The molecular formula is C21H30N4O2.